The molecule has 3 aromatic carbocycles. The van der Waals surface area contributed by atoms with Gasteiger partial charge in [0.2, 0.25) is 70.9 Å². The molecule has 0 aliphatic heterocycles. The molecule has 12 amide bonds. The van der Waals surface area contributed by atoms with Crippen molar-refractivity contribution in [3.63, 3.8) is 0 Å². The maximum atomic E-state index is 15.1. The number of primary amides is 1. The molecule has 4 rings (SSSR count). The van der Waals surface area contributed by atoms with Crippen LogP contribution in [0.3, 0.4) is 0 Å². The van der Waals surface area contributed by atoms with E-state index in [9.17, 15) is 78.3 Å². The Morgan fingerprint density at radius 2 is 0.760 bits per heavy atom. The number of carbonyl (C=O) groups is 13. The maximum absolute atomic E-state index is 15.1. The topological polar surface area (TPSA) is 611 Å². The smallest absolute Gasteiger partial charge is 0.303 e. The summed E-state index contributed by atoms with van der Waals surface area (Å²) >= 11 is 0. The average Bonchev–Trinajstić information content (AvgIpc) is 1.75. The van der Waals surface area contributed by atoms with E-state index in [4.69, 9.17) is 28.3 Å². The van der Waals surface area contributed by atoms with Gasteiger partial charge in [0.25, 0.3) is 0 Å². The second kappa shape index (κ2) is 43.3. The average molecular weight is 1460 g/mol. The van der Waals surface area contributed by atoms with E-state index in [2.05, 4.69) is 68.8 Å². The molecule has 0 aliphatic carbocycles. The summed E-state index contributed by atoms with van der Waals surface area (Å²) in [6.07, 6.45) is -7.08. The Bertz CT molecular complexity index is 3560. The lowest BCUT2D eigenvalue weighted by Gasteiger charge is -2.29. The number of aliphatic carboxylic acids is 1. The minimum absolute atomic E-state index is 0.00500. The molecule has 0 bridgehead atoms. The van der Waals surface area contributed by atoms with Gasteiger partial charge in [0.1, 0.15) is 66.5 Å². The van der Waals surface area contributed by atoms with E-state index in [0.29, 0.717) is 27.6 Å². The third-order valence-electron chi connectivity index (χ3n) is 16.5. The number of carboxylic acid groups (broad SMARTS) is 1. The van der Waals surface area contributed by atoms with E-state index < -0.39 is 187 Å². The van der Waals surface area contributed by atoms with E-state index in [1.807, 2.05) is 0 Å². The second-order valence-electron chi connectivity index (χ2n) is 25.1. The first-order valence-electron chi connectivity index (χ1n) is 33.9. The highest BCUT2D eigenvalue weighted by molar-refractivity contribution is 6.00. The van der Waals surface area contributed by atoms with Gasteiger partial charge in [-0.1, -0.05) is 78.9 Å². The predicted molar refractivity (Wildman–Crippen MR) is 378 cm³/mol. The number of para-hydroxylation sites is 1. The number of nitrogens with two attached hydrogens (primary N) is 4. The minimum Gasteiger partial charge on any atom is -0.481 e. The third kappa shape index (κ3) is 28.6. The third-order valence-corrected chi connectivity index (χ3v) is 16.5. The van der Waals surface area contributed by atoms with Crippen molar-refractivity contribution < 1.29 is 87.9 Å². The lowest BCUT2D eigenvalue weighted by Crippen LogP contribution is -2.62. The highest BCUT2D eigenvalue weighted by Gasteiger charge is 2.39. The van der Waals surface area contributed by atoms with E-state index in [1.54, 1.807) is 91.1 Å². The maximum Gasteiger partial charge on any atom is 0.303 e. The van der Waals surface area contributed by atoms with E-state index in [-0.39, 0.29) is 77.4 Å². The van der Waals surface area contributed by atoms with Crippen LogP contribution in [0.4, 0.5) is 0 Å². The summed E-state index contributed by atoms with van der Waals surface area (Å²) in [5.41, 5.74) is 24.9. The molecule has 104 heavy (non-hydrogen) atoms. The highest BCUT2D eigenvalue weighted by Crippen LogP contribution is 2.20. The Kier molecular flexibility index (Phi) is 35.7. The van der Waals surface area contributed by atoms with Crippen molar-refractivity contribution in [1.29, 1.82) is 5.41 Å². The highest BCUT2D eigenvalue weighted by atomic mass is 16.4. The molecule has 0 saturated carbocycles. The van der Waals surface area contributed by atoms with Crippen molar-refractivity contribution in [1.82, 2.24) is 68.8 Å². The van der Waals surface area contributed by atoms with Crippen LogP contribution in [0.5, 0.6) is 0 Å². The summed E-state index contributed by atoms with van der Waals surface area (Å²) in [6, 6.07) is 5.53. The van der Waals surface area contributed by atoms with Gasteiger partial charge in [-0.3, -0.25) is 67.7 Å². The van der Waals surface area contributed by atoms with Crippen LogP contribution in [0, 0.1) is 5.41 Å². The van der Waals surface area contributed by atoms with Crippen LogP contribution in [-0.4, -0.2) is 224 Å². The fourth-order valence-corrected chi connectivity index (χ4v) is 10.9. The molecule has 1 aromatic heterocycles. The SMILES string of the molecule is CC(=O)N[C@H](C(=O)N[C@H](C(=O)N[C@@H](CCCNC(=N)N)C(=O)N[C@@H](Cc1ccccc1)C(=O)N[C@@H](CCCN)C(=O)N[C@@H](Cc1c[nH]c2ccccc12)C(=O)N[C@@H](CCCN)C(=O)N[C@@H](Cc1ccccc1)C(=O)N[C@@H](CCC(=O)O)C(=O)N[C@H](C(=O)N[C@H](C(N)=O)[C@@H](C)O)[C@@H](C)O)[C@@H](C)O)[C@@H](C)O. The van der Waals surface area contributed by atoms with E-state index in [0.717, 1.165) is 27.7 Å². The number of carboxylic acids is 1. The second-order valence-corrected chi connectivity index (χ2v) is 25.1. The molecular weight excluding hydrogens is 1360 g/mol. The number of amides is 12. The molecule has 36 heteroatoms. The Hall–Kier alpha value is -10.7. The number of aromatic nitrogens is 1. The monoisotopic (exact) mass is 1460 g/mol. The van der Waals surface area contributed by atoms with Crippen molar-refractivity contribution in [3.8, 4) is 0 Å². The molecule has 570 valence electrons. The Morgan fingerprint density at radius 1 is 0.423 bits per heavy atom. The summed E-state index contributed by atoms with van der Waals surface area (Å²) in [6.45, 7) is 5.69. The summed E-state index contributed by atoms with van der Waals surface area (Å²) in [7, 11) is 0. The van der Waals surface area contributed by atoms with Crippen molar-refractivity contribution in [2.75, 3.05) is 19.6 Å². The van der Waals surface area contributed by atoms with Gasteiger partial charge in [0, 0.05) is 56.3 Å². The first-order valence-corrected chi connectivity index (χ1v) is 33.9. The number of carbonyl (C=O) groups excluding carboxylic acids is 12. The lowest BCUT2D eigenvalue weighted by molar-refractivity contribution is -0.139. The van der Waals surface area contributed by atoms with Crippen LogP contribution in [0.2, 0.25) is 0 Å². The summed E-state index contributed by atoms with van der Waals surface area (Å²) in [5, 5.41) is 89.5. The normalized spacial score (nSPS) is 15.5. The van der Waals surface area contributed by atoms with Gasteiger partial charge in [-0.05, 0) is 108 Å². The molecule has 0 radical (unpaired) electrons. The molecule has 0 unspecified atom stereocenters. The summed E-state index contributed by atoms with van der Waals surface area (Å²) in [4.78, 5) is 183. The molecule has 0 saturated heterocycles. The number of hydrogen-bond donors (Lipinski definition) is 23. The van der Waals surface area contributed by atoms with Crippen LogP contribution >= 0.6 is 0 Å². The zero-order valence-corrected chi connectivity index (χ0v) is 58.6. The molecular formula is C68H100N18O18. The standard InChI is InChI=1S/C68H100N18O18/c1-35(87)53(57(71)94)84-67(104)56(38(4)90)85-61(98)48(26-27-52(92)93)79-63(100)50(32-41-19-10-7-11-20-41)81-58(95)45(23-14-28-69)78-64(101)51(33-42-34-75-44-22-13-12-21-43(42)44)83-59(96)46(24-15-29-70)77-62(99)49(31-40-17-8-6-9-18-40)82-60(97)47(25-16-30-74-68(72)73)80-65(102)55(37(3)89)86-66(103)54(36(2)88)76-39(5)91/h6-13,17-22,34-38,45-51,53-56,75,87-90H,14-16,23-33,69-70H2,1-5H3,(H2,71,94)(H,76,91)(H,77,99)(H,78,101)(H,79,100)(H,80,102)(H,81,95)(H,82,97)(H,83,96)(H,84,104)(H,85,98)(H,86,103)(H,92,93)(H4,72,73,74)/t35-,36-,37-,38-,45+,46+,47+,48+,49+,50+,51+,53+,54+,55+,56+/m1/s1. The number of aromatic amines is 1. The van der Waals surface area contributed by atoms with Gasteiger partial charge < -0.3 is 117 Å². The number of fused-ring (bicyclic) bond motifs is 1. The number of nitrogens with one attached hydrogen (secondary N) is 14. The van der Waals surface area contributed by atoms with Crippen LogP contribution in [0.15, 0.2) is 91.1 Å². The van der Waals surface area contributed by atoms with Gasteiger partial charge in [-0.15, -0.1) is 0 Å². The minimum atomic E-state index is -1.86. The largest absolute Gasteiger partial charge is 0.481 e. The Morgan fingerprint density at radius 3 is 1.16 bits per heavy atom. The van der Waals surface area contributed by atoms with Gasteiger partial charge in [-0.2, -0.15) is 0 Å². The zero-order valence-electron chi connectivity index (χ0n) is 58.6. The lowest BCUT2D eigenvalue weighted by atomic mass is 10.0. The summed E-state index contributed by atoms with van der Waals surface area (Å²) < 4.78 is 0. The van der Waals surface area contributed by atoms with Crippen molar-refractivity contribution in [2.45, 2.75) is 196 Å². The van der Waals surface area contributed by atoms with Crippen molar-refractivity contribution in [3.05, 3.63) is 108 Å². The number of H-pyrrole nitrogens is 1. The Balaban J connectivity index is 1.73. The van der Waals surface area contributed by atoms with E-state index in [1.165, 1.54) is 6.92 Å². The number of hydrogen-bond acceptors (Lipinski definition) is 20. The molecule has 15 atom stereocenters. The molecule has 36 nitrogen and oxygen atoms in total. The molecule has 0 fully saturated rings. The fourth-order valence-electron chi connectivity index (χ4n) is 10.9. The molecule has 1 heterocycles. The van der Waals surface area contributed by atoms with Crippen molar-refractivity contribution >= 4 is 93.7 Å². The summed E-state index contributed by atoms with van der Waals surface area (Å²) in [5.74, 6) is -14.1. The van der Waals surface area contributed by atoms with Gasteiger partial charge in [-0.25, -0.2) is 0 Å². The van der Waals surface area contributed by atoms with Crippen LogP contribution in [0.1, 0.15) is 103 Å². The van der Waals surface area contributed by atoms with Gasteiger partial charge in [0.15, 0.2) is 5.96 Å². The van der Waals surface area contributed by atoms with Crippen molar-refractivity contribution in [2.24, 2.45) is 22.9 Å². The first kappa shape index (κ1) is 85.8. The first-order chi connectivity index (χ1) is 49.2. The number of rotatable bonds is 45. The van der Waals surface area contributed by atoms with Crippen LogP contribution in [-0.2, 0) is 81.6 Å². The van der Waals surface area contributed by atoms with Crippen LogP contribution < -0.4 is 86.7 Å². The Labute approximate surface area is 600 Å². The number of aliphatic hydroxyl groups excluding tert-OH is 4. The molecule has 27 N–H and O–H groups in total. The van der Waals surface area contributed by atoms with E-state index >= 15 is 9.59 Å². The predicted octanol–water partition coefficient (Wildman–Crippen LogP) is -5.84. The van der Waals surface area contributed by atoms with Crippen LogP contribution in [0.25, 0.3) is 10.9 Å². The van der Waals surface area contributed by atoms with Gasteiger partial charge >= 0.3 is 5.97 Å². The number of guanidine groups is 1. The number of aliphatic hydroxyl groups is 4. The molecule has 0 aliphatic rings. The molecule has 0 spiro atoms. The quantitative estimate of drug-likeness (QED) is 0.0111. The van der Waals surface area contributed by atoms with Gasteiger partial charge in [0.05, 0.1) is 24.4 Å². The molecule has 4 aromatic rings. The zero-order chi connectivity index (χ0) is 77.3. The number of benzene rings is 3. The fraction of sp³-hybridized carbons (Fsp3) is 0.500.